The van der Waals surface area contributed by atoms with Gasteiger partial charge in [0.15, 0.2) is 0 Å². The maximum atomic E-state index is 14.3. The number of benzene rings is 3. The molecule has 0 aliphatic carbocycles. The van der Waals surface area contributed by atoms with Gasteiger partial charge in [0, 0.05) is 41.8 Å². The van der Waals surface area contributed by atoms with Gasteiger partial charge >= 0.3 is 0 Å². The van der Waals surface area contributed by atoms with E-state index in [1.807, 2.05) is 48.5 Å². The lowest BCUT2D eigenvalue weighted by atomic mass is 10.1. The number of amides is 1. The van der Waals surface area contributed by atoms with Gasteiger partial charge in [0.05, 0.1) is 16.6 Å². The predicted octanol–water partition coefficient (Wildman–Crippen LogP) is 5.65. The molecule has 9 heteroatoms. The zero-order valence-corrected chi connectivity index (χ0v) is 22.3. The van der Waals surface area contributed by atoms with Gasteiger partial charge in [-0.05, 0) is 54.4 Å². The molecular weight excluding hydrogens is 511 g/mol. The molecule has 0 aliphatic heterocycles. The molecule has 1 amide bonds. The zero-order chi connectivity index (χ0) is 28.2. The molecule has 0 saturated heterocycles. The number of nitrogens with zero attached hydrogens (tertiary/aromatic N) is 2. The van der Waals surface area contributed by atoms with Crippen molar-refractivity contribution in [1.82, 2.24) is 9.97 Å². The number of carbonyl (C=O) groups is 1. The standard InChI is InChI=1S/C31H31FN4O4/c1-19(2)16-36(21-10-12-23(13-11-21)40-28-14-9-20(15-34-28)31(33)38)17-22(37)18-39-27-8-4-7-26-29(27)24-5-3-6-25(32)30(24)35-26/h3-15,19,22,35,37H,16-18H2,1-2H3,(H2,33,38)/t22-/m0/s1. The number of nitrogens with one attached hydrogen (secondary N) is 1. The third-order valence-electron chi connectivity index (χ3n) is 6.46. The van der Waals surface area contributed by atoms with Gasteiger partial charge in [-0.1, -0.05) is 32.0 Å². The molecule has 0 radical (unpaired) electrons. The highest BCUT2D eigenvalue weighted by Gasteiger charge is 2.17. The number of para-hydroxylation sites is 1. The molecule has 0 aliphatic rings. The molecular formula is C31H31FN4O4. The molecule has 5 aromatic rings. The van der Waals surface area contributed by atoms with Gasteiger partial charge in [0.25, 0.3) is 0 Å². The second kappa shape index (κ2) is 11.6. The van der Waals surface area contributed by atoms with Gasteiger partial charge in [0.2, 0.25) is 11.8 Å². The number of aliphatic hydroxyl groups is 1. The maximum Gasteiger partial charge on any atom is 0.250 e. The van der Waals surface area contributed by atoms with E-state index in [-0.39, 0.29) is 12.4 Å². The van der Waals surface area contributed by atoms with Crippen LogP contribution in [-0.4, -0.2) is 46.8 Å². The monoisotopic (exact) mass is 542 g/mol. The van der Waals surface area contributed by atoms with Crippen LogP contribution in [0.1, 0.15) is 24.2 Å². The highest BCUT2D eigenvalue weighted by molar-refractivity contribution is 6.10. The first-order chi connectivity index (χ1) is 19.3. The number of pyridine rings is 1. The zero-order valence-electron chi connectivity index (χ0n) is 22.3. The van der Waals surface area contributed by atoms with E-state index in [1.54, 1.807) is 18.2 Å². The van der Waals surface area contributed by atoms with E-state index >= 15 is 0 Å². The molecule has 0 spiro atoms. The van der Waals surface area contributed by atoms with Crippen LogP contribution in [0.25, 0.3) is 21.8 Å². The minimum Gasteiger partial charge on any atom is -0.490 e. The van der Waals surface area contributed by atoms with Crippen LogP contribution in [0.4, 0.5) is 10.1 Å². The molecule has 0 saturated carbocycles. The first-order valence-corrected chi connectivity index (χ1v) is 13.1. The van der Waals surface area contributed by atoms with Gasteiger partial charge in [-0.2, -0.15) is 0 Å². The van der Waals surface area contributed by atoms with Crippen LogP contribution in [-0.2, 0) is 0 Å². The van der Waals surface area contributed by atoms with Crippen LogP contribution < -0.4 is 20.1 Å². The Hall–Kier alpha value is -4.63. The fourth-order valence-corrected chi connectivity index (χ4v) is 4.68. The van der Waals surface area contributed by atoms with E-state index in [4.69, 9.17) is 15.2 Å². The molecule has 40 heavy (non-hydrogen) atoms. The normalized spacial score (nSPS) is 12.1. The Kier molecular flexibility index (Phi) is 7.84. The van der Waals surface area contributed by atoms with Gasteiger partial charge in [-0.25, -0.2) is 9.37 Å². The van der Waals surface area contributed by atoms with Crippen LogP contribution in [0, 0.1) is 11.7 Å². The summed E-state index contributed by atoms with van der Waals surface area (Å²) in [6.45, 7) is 5.39. The summed E-state index contributed by atoms with van der Waals surface area (Å²) in [6, 6.07) is 21.1. The quantitative estimate of drug-likeness (QED) is 0.199. The number of aliphatic hydroxyl groups excluding tert-OH is 1. The third kappa shape index (κ3) is 6.00. The minimum atomic E-state index is -0.778. The highest BCUT2D eigenvalue weighted by Crippen LogP contribution is 2.34. The average molecular weight is 543 g/mol. The van der Waals surface area contributed by atoms with E-state index in [0.717, 1.165) is 28.5 Å². The number of carbonyl (C=O) groups excluding carboxylic acids is 1. The molecule has 3 aromatic carbocycles. The summed E-state index contributed by atoms with van der Waals surface area (Å²) in [7, 11) is 0. The number of aromatic nitrogens is 2. The molecule has 0 unspecified atom stereocenters. The van der Waals surface area contributed by atoms with Gasteiger partial charge in [-0.3, -0.25) is 4.79 Å². The van der Waals surface area contributed by atoms with Crippen LogP contribution in [0.15, 0.2) is 79.0 Å². The highest BCUT2D eigenvalue weighted by atomic mass is 19.1. The number of hydrogen-bond donors (Lipinski definition) is 3. The predicted molar refractivity (Wildman–Crippen MR) is 154 cm³/mol. The van der Waals surface area contributed by atoms with Crippen LogP contribution in [0.2, 0.25) is 0 Å². The number of primary amides is 1. The summed E-state index contributed by atoms with van der Waals surface area (Å²) in [5.74, 6) is 0.996. The topological polar surface area (TPSA) is 114 Å². The Morgan fingerprint density at radius 1 is 1.05 bits per heavy atom. The number of H-pyrrole nitrogens is 1. The molecule has 8 nitrogen and oxygen atoms in total. The summed E-state index contributed by atoms with van der Waals surface area (Å²) >= 11 is 0. The second-order valence-electron chi connectivity index (χ2n) is 10.1. The second-order valence-corrected chi connectivity index (χ2v) is 10.1. The van der Waals surface area contributed by atoms with E-state index < -0.39 is 12.0 Å². The summed E-state index contributed by atoms with van der Waals surface area (Å²) in [4.78, 5) is 20.6. The average Bonchev–Trinajstić information content (AvgIpc) is 3.33. The molecule has 2 heterocycles. The Balaban J connectivity index is 1.26. The molecule has 0 bridgehead atoms. The molecule has 4 N–H and O–H groups in total. The van der Waals surface area contributed by atoms with E-state index in [9.17, 15) is 14.3 Å². The Labute approximate surface area is 231 Å². The van der Waals surface area contributed by atoms with Crippen molar-refractivity contribution in [1.29, 1.82) is 0 Å². The van der Waals surface area contributed by atoms with Crippen molar-refractivity contribution in [3.63, 3.8) is 0 Å². The van der Waals surface area contributed by atoms with Crippen molar-refractivity contribution in [3.8, 4) is 17.4 Å². The maximum absolute atomic E-state index is 14.3. The number of rotatable bonds is 11. The largest absolute Gasteiger partial charge is 0.490 e. The fraction of sp³-hybridized carbons (Fsp3) is 0.226. The number of nitrogens with two attached hydrogens (primary N) is 1. The van der Waals surface area contributed by atoms with Crippen molar-refractivity contribution in [2.45, 2.75) is 20.0 Å². The van der Waals surface area contributed by atoms with Crippen LogP contribution in [0.3, 0.4) is 0 Å². The SMILES string of the molecule is CC(C)CN(C[C@H](O)COc1cccc2[nH]c3c(F)cccc3c12)c1ccc(Oc2ccc(C(N)=O)cn2)cc1. The number of aromatic amines is 1. The lowest BCUT2D eigenvalue weighted by Gasteiger charge is -2.29. The number of anilines is 1. The molecule has 206 valence electrons. The number of hydrogen-bond acceptors (Lipinski definition) is 6. The van der Waals surface area contributed by atoms with Crippen LogP contribution >= 0.6 is 0 Å². The van der Waals surface area contributed by atoms with Gasteiger partial charge < -0.3 is 30.2 Å². The summed E-state index contributed by atoms with van der Waals surface area (Å²) in [5.41, 5.74) is 7.69. The Morgan fingerprint density at radius 2 is 1.82 bits per heavy atom. The minimum absolute atomic E-state index is 0.0733. The molecule has 5 rings (SSSR count). The summed E-state index contributed by atoms with van der Waals surface area (Å²) in [6.07, 6.45) is 0.594. The van der Waals surface area contributed by atoms with Crippen molar-refractivity contribution >= 4 is 33.4 Å². The third-order valence-corrected chi connectivity index (χ3v) is 6.46. The lowest BCUT2D eigenvalue weighted by Crippen LogP contribution is -2.37. The number of fused-ring (bicyclic) bond motifs is 3. The van der Waals surface area contributed by atoms with Crippen molar-refractivity contribution in [2.24, 2.45) is 11.7 Å². The van der Waals surface area contributed by atoms with E-state index in [0.29, 0.717) is 40.9 Å². The Bertz CT molecular complexity index is 1620. The summed E-state index contributed by atoms with van der Waals surface area (Å²) < 4.78 is 26.2. The number of halogens is 1. The lowest BCUT2D eigenvalue weighted by molar-refractivity contribution is 0.1000. The summed E-state index contributed by atoms with van der Waals surface area (Å²) in [5, 5.41) is 12.5. The Morgan fingerprint density at radius 3 is 2.52 bits per heavy atom. The van der Waals surface area contributed by atoms with Gasteiger partial charge in [-0.15, -0.1) is 0 Å². The molecule has 2 aromatic heterocycles. The van der Waals surface area contributed by atoms with Gasteiger partial charge in [0.1, 0.15) is 30.0 Å². The van der Waals surface area contributed by atoms with E-state index in [2.05, 4.69) is 28.7 Å². The first kappa shape index (κ1) is 27.0. The fourth-order valence-electron chi connectivity index (χ4n) is 4.68. The number of ether oxygens (including phenoxy) is 2. The van der Waals surface area contributed by atoms with E-state index in [1.165, 1.54) is 12.3 Å². The van der Waals surface area contributed by atoms with Crippen molar-refractivity contribution < 1.29 is 23.8 Å². The first-order valence-electron chi connectivity index (χ1n) is 13.1. The molecule has 1 atom stereocenters. The smallest absolute Gasteiger partial charge is 0.250 e. The van der Waals surface area contributed by atoms with Crippen molar-refractivity contribution in [2.75, 3.05) is 24.6 Å². The molecule has 0 fully saturated rings. The van der Waals surface area contributed by atoms with Crippen LogP contribution in [0.5, 0.6) is 17.4 Å². The van der Waals surface area contributed by atoms with Crippen molar-refractivity contribution in [3.05, 3.63) is 90.4 Å².